The van der Waals surface area contributed by atoms with Crippen LogP contribution in [0.25, 0.3) is 0 Å². The van der Waals surface area contributed by atoms with Crippen LogP contribution in [0, 0.1) is 0 Å². The second-order valence-electron chi connectivity index (χ2n) is 4.71. The van der Waals surface area contributed by atoms with Gasteiger partial charge in [0.05, 0.1) is 5.56 Å². The molecule has 0 aliphatic heterocycles. The molecule has 4 heteroatoms. The minimum absolute atomic E-state index is 0.105. The van der Waals surface area contributed by atoms with Crippen molar-refractivity contribution in [1.82, 2.24) is 4.57 Å². The predicted molar refractivity (Wildman–Crippen MR) is 64.5 cm³/mol. The molecule has 1 aliphatic carbocycles. The number of aromatic carboxylic acids is 1. The van der Waals surface area contributed by atoms with Crippen LogP contribution in [-0.2, 0) is 7.05 Å². The van der Waals surface area contributed by atoms with Crippen molar-refractivity contribution < 1.29 is 9.90 Å². The van der Waals surface area contributed by atoms with Crippen molar-refractivity contribution in [3.63, 3.8) is 0 Å². The van der Waals surface area contributed by atoms with E-state index in [2.05, 4.69) is 0 Å². The van der Waals surface area contributed by atoms with Crippen LogP contribution in [0.1, 0.15) is 54.1 Å². The van der Waals surface area contributed by atoms with E-state index in [0.717, 1.165) is 31.4 Å². The highest BCUT2D eigenvalue weighted by molar-refractivity contribution is 5.87. The first kappa shape index (κ1) is 11.9. The van der Waals surface area contributed by atoms with Gasteiger partial charge in [0, 0.05) is 18.8 Å². The maximum absolute atomic E-state index is 11.7. The third-order valence-electron chi connectivity index (χ3n) is 3.57. The summed E-state index contributed by atoms with van der Waals surface area (Å²) in [6.45, 7) is 0. The van der Waals surface area contributed by atoms with E-state index in [1.165, 1.54) is 12.5 Å². The summed E-state index contributed by atoms with van der Waals surface area (Å²) >= 11 is 0. The zero-order valence-electron chi connectivity index (χ0n) is 9.98. The molecule has 1 aromatic rings. The van der Waals surface area contributed by atoms with E-state index >= 15 is 0 Å². The third kappa shape index (κ3) is 2.40. The van der Waals surface area contributed by atoms with Crippen LogP contribution in [0.5, 0.6) is 0 Å². The summed E-state index contributed by atoms with van der Waals surface area (Å²) in [7, 11) is 1.72. The van der Waals surface area contributed by atoms with Gasteiger partial charge in [0.25, 0.3) is 5.56 Å². The Balaban J connectivity index is 2.44. The van der Waals surface area contributed by atoms with E-state index in [1.54, 1.807) is 17.7 Å². The number of aromatic nitrogens is 1. The van der Waals surface area contributed by atoms with Crippen LogP contribution in [0.2, 0.25) is 0 Å². The van der Waals surface area contributed by atoms with Crippen LogP contribution in [0.4, 0.5) is 0 Å². The summed E-state index contributed by atoms with van der Waals surface area (Å²) in [4.78, 5) is 22.7. The average Bonchev–Trinajstić information content (AvgIpc) is 2.33. The number of rotatable bonds is 2. The summed E-state index contributed by atoms with van der Waals surface area (Å²) in [5.74, 6) is -0.694. The first-order chi connectivity index (χ1) is 8.09. The second-order valence-corrected chi connectivity index (χ2v) is 4.71. The molecule has 0 aromatic carbocycles. The lowest BCUT2D eigenvalue weighted by Gasteiger charge is -2.24. The molecule has 0 spiro atoms. The first-order valence-corrected chi connectivity index (χ1v) is 6.04. The number of pyridine rings is 1. The van der Waals surface area contributed by atoms with Crippen LogP contribution in [0.15, 0.2) is 16.9 Å². The molecule has 4 nitrogen and oxygen atoms in total. The molecule has 92 valence electrons. The van der Waals surface area contributed by atoms with Crippen LogP contribution in [-0.4, -0.2) is 15.6 Å². The molecule has 1 fully saturated rings. The van der Waals surface area contributed by atoms with Crippen molar-refractivity contribution in [2.24, 2.45) is 7.05 Å². The van der Waals surface area contributed by atoms with Gasteiger partial charge >= 0.3 is 5.97 Å². The molecule has 0 amide bonds. The van der Waals surface area contributed by atoms with Gasteiger partial charge in [0.2, 0.25) is 0 Å². The minimum atomic E-state index is -1.03. The van der Waals surface area contributed by atoms with Gasteiger partial charge in [0.1, 0.15) is 0 Å². The number of carboxylic acid groups (broad SMARTS) is 1. The van der Waals surface area contributed by atoms with Gasteiger partial charge in [-0.15, -0.1) is 0 Å². The number of carbonyl (C=O) groups is 1. The molecule has 17 heavy (non-hydrogen) atoms. The van der Waals surface area contributed by atoms with Gasteiger partial charge in [0.15, 0.2) is 0 Å². The minimum Gasteiger partial charge on any atom is -0.478 e. The van der Waals surface area contributed by atoms with Gasteiger partial charge < -0.3 is 9.67 Å². The van der Waals surface area contributed by atoms with Gasteiger partial charge in [-0.3, -0.25) is 4.79 Å². The molecule has 0 saturated heterocycles. The van der Waals surface area contributed by atoms with Crippen molar-refractivity contribution >= 4 is 5.97 Å². The standard InChI is InChI=1S/C13H17NO3/c1-14-11(9-5-3-2-4-6-9)7-10(13(16)17)8-12(14)15/h7-9H,2-6H2,1H3,(H,16,17). The van der Waals surface area contributed by atoms with E-state index in [-0.39, 0.29) is 11.1 Å². The van der Waals surface area contributed by atoms with Crippen molar-refractivity contribution in [3.05, 3.63) is 33.7 Å². The molecule has 1 aromatic heterocycles. The highest BCUT2D eigenvalue weighted by Gasteiger charge is 2.20. The van der Waals surface area contributed by atoms with E-state index in [9.17, 15) is 9.59 Å². The lowest BCUT2D eigenvalue weighted by Crippen LogP contribution is -2.24. The molecule has 0 radical (unpaired) electrons. The number of carboxylic acids is 1. The molecule has 0 bridgehead atoms. The largest absolute Gasteiger partial charge is 0.478 e. The quantitative estimate of drug-likeness (QED) is 0.854. The zero-order chi connectivity index (χ0) is 12.4. The smallest absolute Gasteiger partial charge is 0.335 e. The predicted octanol–water partition coefficient (Wildman–Crippen LogP) is 2.13. The van der Waals surface area contributed by atoms with E-state index < -0.39 is 5.97 Å². The van der Waals surface area contributed by atoms with E-state index in [0.29, 0.717) is 5.92 Å². The first-order valence-electron chi connectivity index (χ1n) is 6.04. The Kier molecular flexibility index (Phi) is 3.31. The summed E-state index contributed by atoms with van der Waals surface area (Å²) in [5.41, 5.74) is 0.744. The van der Waals surface area contributed by atoms with Crippen LogP contribution < -0.4 is 5.56 Å². The highest BCUT2D eigenvalue weighted by Crippen LogP contribution is 2.32. The molecule has 1 aliphatic rings. The fraction of sp³-hybridized carbons (Fsp3) is 0.538. The fourth-order valence-electron chi connectivity index (χ4n) is 2.57. The normalized spacial score (nSPS) is 17.0. The summed E-state index contributed by atoms with van der Waals surface area (Å²) in [5, 5.41) is 8.97. The fourth-order valence-corrected chi connectivity index (χ4v) is 2.57. The van der Waals surface area contributed by atoms with Crippen molar-refractivity contribution in [2.45, 2.75) is 38.0 Å². The zero-order valence-corrected chi connectivity index (χ0v) is 9.98. The Labute approximate surface area is 99.9 Å². The van der Waals surface area contributed by atoms with Gasteiger partial charge in [-0.05, 0) is 24.8 Å². The van der Waals surface area contributed by atoms with Crippen molar-refractivity contribution in [2.75, 3.05) is 0 Å². The molecular weight excluding hydrogens is 218 g/mol. The number of nitrogens with zero attached hydrogens (tertiary/aromatic N) is 1. The van der Waals surface area contributed by atoms with Crippen LogP contribution in [0.3, 0.4) is 0 Å². The Bertz CT molecular complexity index is 484. The SMILES string of the molecule is Cn1c(C2CCCCC2)cc(C(=O)O)cc1=O. The van der Waals surface area contributed by atoms with Crippen LogP contribution >= 0.6 is 0 Å². The lowest BCUT2D eigenvalue weighted by molar-refractivity contribution is 0.0696. The number of hydrogen-bond acceptors (Lipinski definition) is 2. The Morgan fingerprint density at radius 2 is 1.94 bits per heavy atom. The van der Waals surface area contributed by atoms with Gasteiger partial charge in [-0.25, -0.2) is 4.79 Å². The second kappa shape index (κ2) is 4.73. The maximum atomic E-state index is 11.7. The molecule has 0 unspecified atom stereocenters. The molecule has 2 rings (SSSR count). The number of hydrogen-bond donors (Lipinski definition) is 1. The van der Waals surface area contributed by atoms with Gasteiger partial charge in [-0.2, -0.15) is 0 Å². The third-order valence-corrected chi connectivity index (χ3v) is 3.57. The lowest BCUT2D eigenvalue weighted by atomic mass is 9.86. The molecular formula is C13H17NO3. The Morgan fingerprint density at radius 3 is 2.53 bits per heavy atom. The molecule has 1 saturated carbocycles. The molecule has 1 heterocycles. The summed E-state index contributed by atoms with van der Waals surface area (Å²) in [6, 6.07) is 2.84. The van der Waals surface area contributed by atoms with Gasteiger partial charge in [-0.1, -0.05) is 19.3 Å². The molecule has 1 N–H and O–H groups in total. The monoisotopic (exact) mass is 235 g/mol. The summed E-state index contributed by atoms with van der Waals surface area (Å²) in [6.07, 6.45) is 5.67. The Hall–Kier alpha value is -1.58. The van der Waals surface area contributed by atoms with Crippen molar-refractivity contribution in [1.29, 1.82) is 0 Å². The van der Waals surface area contributed by atoms with E-state index in [1.807, 2.05) is 0 Å². The summed E-state index contributed by atoms with van der Waals surface area (Å²) < 4.78 is 1.59. The Morgan fingerprint density at radius 1 is 1.29 bits per heavy atom. The maximum Gasteiger partial charge on any atom is 0.335 e. The highest BCUT2D eigenvalue weighted by atomic mass is 16.4. The van der Waals surface area contributed by atoms with E-state index in [4.69, 9.17) is 5.11 Å². The van der Waals surface area contributed by atoms with Crippen molar-refractivity contribution in [3.8, 4) is 0 Å². The molecule has 0 atom stereocenters. The average molecular weight is 235 g/mol. The topological polar surface area (TPSA) is 59.3 Å².